The molecule has 1 N–H and O–H groups in total. The summed E-state index contributed by atoms with van der Waals surface area (Å²) in [6, 6.07) is 15.5. The van der Waals surface area contributed by atoms with Crippen LogP contribution in [0.1, 0.15) is 32.9 Å². The van der Waals surface area contributed by atoms with Crippen molar-refractivity contribution < 1.29 is 9.32 Å². The van der Waals surface area contributed by atoms with Gasteiger partial charge in [-0.1, -0.05) is 23.4 Å². The predicted molar refractivity (Wildman–Crippen MR) is 101 cm³/mol. The number of carbonyl (C=O) groups is 1. The molecule has 0 saturated carbocycles. The van der Waals surface area contributed by atoms with E-state index in [1.807, 2.05) is 63.2 Å². The van der Waals surface area contributed by atoms with Crippen LogP contribution in [-0.2, 0) is 5.75 Å². The van der Waals surface area contributed by atoms with Gasteiger partial charge in [0.25, 0.3) is 5.91 Å². The lowest BCUT2D eigenvalue weighted by Gasteiger charge is -2.10. The molecular formula is C20H20N2O2S. The van der Waals surface area contributed by atoms with E-state index in [0.29, 0.717) is 11.3 Å². The highest BCUT2D eigenvalue weighted by Gasteiger charge is 2.13. The molecule has 0 unspecified atom stereocenters. The van der Waals surface area contributed by atoms with E-state index in [1.54, 1.807) is 11.8 Å². The second-order valence-corrected chi connectivity index (χ2v) is 7.07. The van der Waals surface area contributed by atoms with Gasteiger partial charge in [0.1, 0.15) is 5.76 Å². The maximum atomic E-state index is 12.7. The maximum absolute atomic E-state index is 12.7. The van der Waals surface area contributed by atoms with Gasteiger partial charge in [0.2, 0.25) is 0 Å². The van der Waals surface area contributed by atoms with Crippen LogP contribution >= 0.6 is 11.8 Å². The maximum Gasteiger partial charge on any atom is 0.256 e. The van der Waals surface area contributed by atoms with E-state index in [-0.39, 0.29) is 5.91 Å². The van der Waals surface area contributed by atoms with Gasteiger partial charge in [-0.25, -0.2) is 0 Å². The molecule has 3 aromatic rings. The van der Waals surface area contributed by atoms with Gasteiger partial charge >= 0.3 is 0 Å². The number of anilines is 1. The number of aryl methyl sites for hydroxylation is 3. The number of thioether (sulfide) groups is 1. The fourth-order valence-corrected chi connectivity index (χ4v) is 3.58. The third kappa shape index (κ3) is 4.51. The molecule has 0 aliphatic rings. The van der Waals surface area contributed by atoms with E-state index in [0.717, 1.165) is 33.2 Å². The second-order valence-electron chi connectivity index (χ2n) is 6.05. The predicted octanol–water partition coefficient (Wildman–Crippen LogP) is 5.14. The van der Waals surface area contributed by atoms with Crippen LogP contribution < -0.4 is 5.32 Å². The van der Waals surface area contributed by atoms with Gasteiger partial charge in [0.15, 0.2) is 0 Å². The van der Waals surface area contributed by atoms with Gasteiger partial charge in [-0.2, -0.15) is 0 Å². The Morgan fingerprint density at radius 2 is 1.80 bits per heavy atom. The van der Waals surface area contributed by atoms with Crippen molar-refractivity contribution >= 4 is 23.4 Å². The van der Waals surface area contributed by atoms with Gasteiger partial charge in [0, 0.05) is 16.6 Å². The lowest BCUT2D eigenvalue weighted by atomic mass is 10.1. The van der Waals surface area contributed by atoms with Crippen molar-refractivity contribution in [3.63, 3.8) is 0 Å². The molecular weight excluding hydrogens is 332 g/mol. The molecule has 1 amide bonds. The molecule has 128 valence electrons. The normalized spacial score (nSPS) is 10.7. The second kappa shape index (κ2) is 7.57. The highest BCUT2D eigenvalue weighted by molar-refractivity contribution is 7.98. The Morgan fingerprint density at radius 1 is 1.08 bits per heavy atom. The number of carbonyl (C=O) groups excluding carboxylic acids is 1. The fourth-order valence-electron chi connectivity index (χ4n) is 2.66. The van der Waals surface area contributed by atoms with Gasteiger partial charge in [-0.05, 0) is 56.2 Å². The number of nitrogens with zero attached hydrogens (tertiary/aromatic N) is 1. The number of rotatable bonds is 5. The summed E-state index contributed by atoms with van der Waals surface area (Å²) >= 11 is 1.56. The van der Waals surface area contributed by atoms with Gasteiger partial charge < -0.3 is 9.84 Å². The first-order valence-electron chi connectivity index (χ1n) is 8.05. The topological polar surface area (TPSA) is 55.1 Å². The van der Waals surface area contributed by atoms with Crippen molar-refractivity contribution in [2.24, 2.45) is 0 Å². The third-order valence-electron chi connectivity index (χ3n) is 3.66. The van der Waals surface area contributed by atoms with Crippen molar-refractivity contribution in [3.05, 3.63) is 76.7 Å². The Kier molecular flexibility index (Phi) is 5.24. The molecule has 0 fully saturated rings. The van der Waals surface area contributed by atoms with Crippen molar-refractivity contribution in [3.8, 4) is 0 Å². The molecule has 0 spiro atoms. The Morgan fingerprint density at radius 3 is 2.48 bits per heavy atom. The first-order chi connectivity index (χ1) is 12.0. The molecule has 5 heteroatoms. The molecule has 0 radical (unpaired) electrons. The first kappa shape index (κ1) is 17.3. The van der Waals surface area contributed by atoms with Crippen LogP contribution in [0.2, 0.25) is 0 Å². The molecule has 0 bridgehead atoms. The van der Waals surface area contributed by atoms with E-state index in [9.17, 15) is 4.79 Å². The Labute approximate surface area is 151 Å². The molecule has 1 aromatic heterocycles. The molecule has 1 heterocycles. The summed E-state index contributed by atoms with van der Waals surface area (Å²) in [6.45, 7) is 5.93. The lowest BCUT2D eigenvalue weighted by molar-refractivity contribution is 0.102. The molecule has 0 aliphatic heterocycles. The smallest absolute Gasteiger partial charge is 0.256 e. The van der Waals surface area contributed by atoms with Crippen LogP contribution in [-0.4, -0.2) is 11.1 Å². The lowest BCUT2D eigenvalue weighted by Crippen LogP contribution is -2.13. The van der Waals surface area contributed by atoms with Crippen molar-refractivity contribution in [2.75, 3.05) is 5.32 Å². The molecule has 4 nitrogen and oxygen atoms in total. The zero-order chi connectivity index (χ0) is 17.8. The Hall–Kier alpha value is -2.53. The fraction of sp³-hybridized carbons (Fsp3) is 0.200. The summed E-state index contributed by atoms with van der Waals surface area (Å²) in [7, 11) is 0. The highest BCUT2D eigenvalue weighted by atomic mass is 32.2. The molecule has 0 aliphatic carbocycles. The SMILES string of the molecule is Cc1cc(C)cc(NC(=O)c2ccccc2SCc2cc(C)no2)c1. The summed E-state index contributed by atoms with van der Waals surface area (Å²) < 4.78 is 5.24. The number of hydrogen-bond donors (Lipinski definition) is 1. The standard InChI is InChI=1S/C20H20N2O2S/c1-13-8-14(2)10-16(9-13)21-20(23)18-6-4-5-7-19(18)25-12-17-11-15(3)22-24-17/h4-11H,12H2,1-3H3,(H,21,23). The summed E-state index contributed by atoms with van der Waals surface area (Å²) in [6.07, 6.45) is 0. The minimum Gasteiger partial charge on any atom is -0.360 e. The van der Waals surface area contributed by atoms with E-state index in [1.165, 1.54) is 0 Å². The van der Waals surface area contributed by atoms with Gasteiger partial charge in [-0.15, -0.1) is 11.8 Å². The summed E-state index contributed by atoms with van der Waals surface area (Å²) in [5.74, 6) is 1.32. The molecule has 0 saturated heterocycles. The summed E-state index contributed by atoms with van der Waals surface area (Å²) in [5, 5.41) is 6.89. The number of nitrogens with one attached hydrogen (secondary N) is 1. The molecule has 25 heavy (non-hydrogen) atoms. The van der Waals surface area contributed by atoms with Crippen molar-refractivity contribution in [2.45, 2.75) is 31.4 Å². The van der Waals surface area contributed by atoms with Crippen LogP contribution in [0.3, 0.4) is 0 Å². The third-order valence-corrected chi connectivity index (χ3v) is 4.75. The monoisotopic (exact) mass is 352 g/mol. The van der Waals surface area contributed by atoms with Crippen molar-refractivity contribution in [1.29, 1.82) is 0 Å². The number of aromatic nitrogens is 1. The van der Waals surface area contributed by atoms with Gasteiger partial charge in [0.05, 0.1) is 17.0 Å². The van der Waals surface area contributed by atoms with Gasteiger partial charge in [-0.3, -0.25) is 4.79 Å². The minimum absolute atomic E-state index is 0.109. The number of amides is 1. The molecule has 0 atom stereocenters. The van der Waals surface area contributed by atoms with Crippen LogP contribution in [0.25, 0.3) is 0 Å². The first-order valence-corrected chi connectivity index (χ1v) is 9.03. The average molecular weight is 352 g/mol. The molecule has 3 rings (SSSR count). The highest BCUT2D eigenvalue weighted by Crippen LogP contribution is 2.27. The largest absolute Gasteiger partial charge is 0.360 e. The number of benzene rings is 2. The van der Waals surface area contributed by atoms with Crippen LogP contribution in [0.5, 0.6) is 0 Å². The zero-order valence-electron chi connectivity index (χ0n) is 14.5. The molecule has 2 aromatic carbocycles. The van der Waals surface area contributed by atoms with Crippen LogP contribution in [0.15, 0.2) is 57.9 Å². The minimum atomic E-state index is -0.109. The van der Waals surface area contributed by atoms with Crippen LogP contribution in [0.4, 0.5) is 5.69 Å². The quantitative estimate of drug-likeness (QED) is 0.646. The van der Waals surface area contributed by atoms with E-state index >= 15 is 0 Å². The average Bonchev–Trinajstić information content (AvgIpc) is 2.97. The Balaban J connectivity index is 1.76. The summed E-state index contributed by atoms with van der Waals surface area (Å²) in [5.41, 5.74) is 4.57. The zero-order valence-corrected chi connectivity index (χ0v) is 15.3. The van der Waals surface area contributed by atoms with Crippen molar-refractivity contribution in [1.82, 2.24) is 5.16 Å². The van der Waals surface area contributed by atoms with E-state index in [2.05, 4.69) is 16.5 Å². The Bertz CT molecular complexity index is 882. The number of hydrogen-bond acceptors (Lipinski definition) is 4. The van der Waals surface area contributed by atoms with E-state index in [4.69, 9.17) is 4.52 Å². The van der Waals surface area contributed by atoms with Crippen LogP contribution in [0, 0.1) is 20.8 Å². The van der Waals surface area contributed by atoms with E-state index < -0.39 is 0 Å². The summed E-state index contributed by atoms with van der Waals surface area (Å²) in [4.78, 5) is 13.6.